The van der Waals surface area contributed by atoms with Crippen molar-refractivity contribution in [3.63, 3.8) is 0 Å². The number of rotatable bonds is 3. The smallest absolute Gasteiger partial charge is 0.273 e. The third-order valence-electron chi connectivity index (χ3n) is 2.72. The summed E-state index contributed by atoms with van der Waals surface area (Å²) in [5.41, 5.74) is 1.27. The lowest BCUT2D eigenvalue weighted by Crippen LogP contribution is -2.17. The molecule has 0 atom stereocenters. The fourth-order valence-electron chi connectivity index (χ4n) is 1.79. The van der Waals surface area contributed by atoms with Crippen molar-refractivity contribution >= 4 is 11.7 Å². The third-order valence-corrected chi connectivity index (χ3v) is 2.72. The number of aliphatic hydroxyl groups excluding tert-OH is 1. The normalized spacial score (nSPS) is 9.70. The summed E-state index contributed by atoms with van der Waals surface area (Å²) in [6.07, 6.45) is 3.42. The average molecular weight is 269 g/mol. The predicted octanol–water partition coefficient (Wildman–Crippen LogP) is 1.50. The van der Waals surface area contributed by atoms with Crippen LogP contribution in [-0.4, -0.2) is 27.2 Å². The van der Waals surface area contributed by atoms with E-state index in [1.807, 2.05) is 23.8 Å². The van der Waals surface area contributed by atoms with Crippen molar-refractivity contribution in [1.29, 1.82) is 0 Å². The zero-order chi connectivity index (χ0) is 14.4. The van der Waals surface area contributed by atoms with E-state index in [4.69, 9.17) is 5.11 Å². The van der Waals surface area contributed by atoms with Gasteiger partial charge in [0.05, 0.1) is 0 Å². The largest absolute Gasteiger partial charge is 0.384 e. The van der Waals surface area contributed by atoms with Gasteiger partial charge in [-0.25, -0.2) is 4.98 Å². The maximum Gasteiger partial charge on any atom is 0.273 e. The van der Waals surface area contributed by atoms with Crippen LogP contribution in [0.4, 0.5) is 5.82 Å². The number of pyridine rings is 1. The first-order chi connectivity index (χ1) is 9.74. The Balaban J connectivity index is 2.16. The molecule has 2 heterocycles. The van der Waals surface area contributed by atoms with Crippen LogP contribution in [0.2, 0.25) is 0 Å². The highest BCUT2D eigenvalue weighted by Gasteiger charge is 2.10. The lowest BCUT2D eigenvalue weighted by atomic mass is 10.2. The summed E-state index contributed by atoms with van der Waals surface area (Å²) in [4.78, 5) is 16.2. The van der Waals surface area contributed by atoms with Gasteiger partial charge in [-0.3, -0.25) is 4.79 Å². The van der Waals surface area contributed by atoms with Crippen molar-refractivity contribution < 1.29 is 9.90 Å². The van der Waals surface area contributed by atoms with Crippen LogP contribution >= 0.6 is 0 Å². The molecule has 0 aromatic carbocycles. The minimum Gasteiger partial charge on any atom is -0.384 e. The van der Waals surface area contributed by atoms with E-state index in [-0.39, 0.29) is 12.5 Å². The Bertz CT molecular complexity index is 665. The van der Waals surface area contributed by atoms with Crippen molar-refractivity contribution in [3.8, 4) is 11.8 Å². The maximum atomic E-state index is 12.1. The van der Waals surface area contributed by atoms with Gasteiger partial charge in [0.1, 0.15) is 18.1 Å². The van der Waals surface area contributed by atoms with Crippen LogP contribution in [0, 0.1) is 11.8 Å². The number of nitrogens with one attached hydrogen (secondary N) is 1. The molecule has 0 radical (unpaired) electrons. The summed E-state index contributed by atoms with van der Waals surface area (Å²) in [7, 11) is 0. The van der Waals surface area contributed by atoms with Crippen LogP contribution in [0.1, 0.15) is 23.0 Å². The zero-order valence-corrected chi connectivity index (χ0v) is 11.1. The minimum atomic E-state index is -0.211. The molecule has 0 fully saturated rings. The monoisotopic (exact) mass is 269 g/mol. The fraction of sp³-hybridized carbons (Fsp3) is 0.200. The highest BCUT2D eigenvalue weighted by molar-refractivity contribution is 6.02. The summed E-state index contributed by atoms with van der Waals surface area (Å²) < 4.78 is 1.85. The predicted molar refractivity (Wildman–Crippen MR) is 76.3 cm³/mol. The Morgan fingerprint density at radius 3 is 3.10 bits per heavy atom. The maximum absolute atomic E-state index is 12.1. The van der Waals surface area contributed by atoms with E-state index >= 15 is 0 Å². The minimum absolute atomic E-state index is 0.200. The molecule has 2 aromatic heterocycles. The molecule has 1 amide bonds. The number of hydrogen-bond donors (Lipinski definition) is 2. The second-order valence-electron chi connectivity index (χ2n) is 4.02. The van der Waals surface area contributed by atoms with Gasteiger partial charge in [0.15, 0.2) is 0 Å². The quantitative estimate of drug-likeness (QED) is 0.830. The van der Waals surface area contributed by atoms with Crippen molar-refractivity contribution in [2.75, 3.05) is 11.9 Å². The van der Waals surface area contributed by atoms with Gasteiger partial charge in [0.2, 0.25) is 0 Å². The number of amides is 1. The molecule has 5 nitrogen and oxygen atoms in total. The zero-order valence-electron chi connectivity index (χ0n) is 11.1. The van der Waals surface area contributed by atoms with Crippen LogP contribution in [0.3, 0.4) is 0 Å². The molecule has 2 N–H and O–H groups in total. The van der Waals surface area contributed by atoms with Gasteiger partial charge in [0, 0.05) is 24.5 Å². The molecule has 2 rings (SSSR count). The molecular weight excluding hydrogens is 254 g/mol. The number of aromatic nitrogens is 2. The van der Waals surface area contributed by atoms with Gasteiger partial charge in [-0.2, -0.15) is 0 Å². The molecule has 0 spiro atoms. The highest BCUT2D eigenvalue weighted by atomic mass is 16.2. The molecule has 0 bridgehead atoms. The van der Waals surface area contributed by atoms with Gasteiger partial charge >= 0.3 is 0 Å². The molecule has 2 aromatic rings. The second-order valence-corrected chi connectivity index (χ2v) is 4.02. The summed E-state index contributed by atoms with van der Waals surface area (Å²) in [6, 6.07) is 6.97. The van der Waals surface area contributed by atoms with Crippen molar-refractivity contribution in [2.24, 2.45) is 0 Å². The molecule has 0 saturated heterocycles. The molecule has 0 aliphatic carbocycles. The lowest BCUT2D eigenvalue weighted by molar-refractivity contribution is 0.101. The van der Waals surface area contributed by atoms with E-state index in [0.717, 1.165) is 6.54 Å². The van der Waals surface area contributed by atoms with Crippen molar-refractivity contribution in [2.45, 2.75) is 13.5 Å². The van der Waals surface area contributed by atoms with Crippen LogP contribution < -0.4 is 5.32 Å². The Morgan fingerprint density at radius 2 is 2.35 bits per heavy atom. The Labute approximate surface area is 117 Å². The van der Waals surface area contributed by atoms with Crippen LogP contribution in [0.15, 0.2) is 36.7 Å². The van der Waals surface area contributed by atoms with Gasteiger partial charge in [-0.05, 0) is 31.2 Å². The molecule has 102 valence electrons. The fourth-order valence-corrected chi connectivity index (χ4v) is 1.79. The number of anilines is 1. The van der Waals surface area contributed by atoms with Gasteiger partial charge in [-0.1, -0.05) is 11.8 Å². The van der Waals surface area contributed by atoms with Crippen molar-refractivity contribution in [1.82, 2.24) is 9.55 Å². The standard InChI is InChI=1S/C15H15N3O2/c1-2-18-9-3-6-13(18)15(20)17-14-11-12(5-4-10-19)7-8-16-14/h3,6-9,11,19H,2,10H2,1H3,(H,16,17,20). The number of aliphatic hydroxyl groups is 1. The molecule has 5 heteroatoms. The Hall–Kier alpha value is -2.58. The molecular formula is C15H15N3O2. The van der Waals surface area contributed by atoms with E-state index in [2.05, 4.69) is 22.1 Å². The van der Waals surface area contributed by atoms with Gasteiger partial charge in [0.25, 0.3) is 5.91 Å². The SMILES string of the molecule is CCn1cccc1C(=O)Nc1cc(C#CCO)ccn1. The van der Waals surface area contributed by atoms with E-state index in [1.54, 1.807) is 24.4 Å². The van der Waals surface area contributed by atoms with E-state index < -0.39 is 0 Å². The first-order valence-corrected chi connectivity index (χ1v) is 6.27. The number of carbonyl (C=O) groups is 1. The number of nitrogens with zero attached hydrogens (tertiary/aromatic N) is 2. The summed E-state index contributed by atoms with van der Waals surface area (Å²) in [5.74, 6) is 5.54. The summed E-state index contributed by atoms with van der Waals surface area (Å²) in [5, 5.41) is 11.4. The topological polar surface area (TPSA) is 67.2 Å². The van der Waals surface area contributed by atoms with E-state index in [1.165, 1.54) is 0 Å². The number of carbonyl (C=O) groups excluding carboxylic acids is 1. The highest BCUT2D eigenvalue weighted by Crippen LogP contribution is 2.09. The van der Waals surface area contributed by atoms with E-state index in [9.17, 15) is 4.79 Å². The molecule has 0 aliphatic heterocycles. The van der Waals surface area contributed by atoms with Crippen LogP contribution in [0.25, 0.3) is 0 Å². The summed E-state index contributed by atoms with van der Waals surface area (Å²) >= 11 is 0. The third kappa shape index (κ3) is 3.25. The van der Waals surface area contributed by atoms with Gasteiger partial charge < -0.3 is 15.0 Å². The second kappa shape index (κ2) is 6.55. The first-order valence-electron chi connectivity index (χ1n) is 6.27. The Morgan fingerprint density at radius 1 is 1.50 bits per heavy atom. The van der Waals surface area contributed by atoms with E-state index in [0.29, 0.717) is 17.1 Å². The first kappa shape index (κ1) is 13.8. The molecule has 0 saturated carbocycles. The number of hydrogen-bond acceptors (Lipinski definition) is 3. The van der Waals surface area contributed by atoms with Crippen LogP contribution in [-0.2, 0) is 6.54 Å². The average Bonchev–Trinajstić information content (AvgIpc) is 2.94. The van der Waals surface area contributed by atoms with Gasteiger partial charge in [-0.15, -0.1) is 0 Å². The van der Waals surface area contributed by atoms with Crippen molar-refractivity contribution in [3.05, 3.63) is 47.9 Å². The molecule has 20 heavy (non-hydrogen) atoms. The lowest BCUT2D eigenvalue weighted by Gasteiger charge is -2.07. The molecule has 0 aliphatic rings. The van der Waals surface area contributed by atoms with Crippen LogP contribution in [0.5, 0.6) is 0 Å². The number of aryl methyl sites for hydroxylation is 1. The Kier molecular flexibility index (Phi) is 4.53. The molecule has 0 unspecified atom stereocenters. The summed E-state index contributed by atoms with van der Waals surface area (Å²) in [6.45, 7) is 2.50.